The Bertz CT molecular complexity index is 1000. The molecule has 0 amide bonds. The van der Waals surface area contributed by atoms with E-state index < -0.39 is 15.1 Å². The number of sulfone groups is 1. The SMILES string of the molecule is O=S1(=O)c2ccccc2N[C@H](c2ccc(Cl)cc2)[C@@H]1c1ccccc1. The van der Waals surface area contributed by atoms with Gasteiger partial charge in [0.05, 0.1) is 16.6 Å². The van der Waals surface area contributed by atoms with Crippen LogP contribution in [0.25, 0.3) is 0 Å². The van der Waals surface area contributed by atoms with Crippen LogP contribution in [-0.4, -0.2) is 8.42 Å². The number of fused-ring (bicyclic) bond motifs is 1. The van der Waals surface area contributed by atoms with Crippen molar-refractivity contribution < 1.29 is 8.42 Å². The second-order valence-corrected chi connectivity index (χ2v) is 8.52. The molecule has 1 aliphatic rings. The molecule has 3 nitrogen and oxygen atoms in total. The van der Waals surface area contributed by atoms with Gasteiger partial charge in [-0.15, -0.1) is 0 Å². The molecule has 3 aromatic rings. The predicted molar refractivity (Wildman–Crippen MR) is 101 cm³/mol. The molecule has 4 rings (SSSR count). The van der Waals surface area contributed by atoms with E-state index in [9.17, 15) is 8.42 Å². The van der Waals surface area contributed by atoms with E-state index in [1.54, 1.807) is 30.3 Å². The van der Waals surface area contributed by atoms with E-state index in [2.05, 4.69) is 5.32 Å². The van der Waals surface area contributed by atoms with Crippen molar-refractivity contribution in [3.63, 3.8) is 0 Å². The van der Waals surface area contributed by atoms with E-state index in [1.165, 1.54) is 0 Å². The number of hydrogen-bond donors (Lipinski definition) is 1. The van der Waals surface area contributed by atoms with E-state index in [1.807, 2.05) is 48.5 Å². The number of hydrogen-bond acceptors (Lipinski definition) is 3. The van der Waals surface area contributed by atoms with Crippen molar-refractivity contribution in [3.8, 4) is 0 Å². The normalized spacial score (nSPS) is 21.2. The minimum absolute atomic E-state index is 0.342. The average molecular weight is 370 g/mol. The second kappa shape index (κ2) is 6.21. The van der Waals surface area contributed by atoms with Crippen LogP contribution < -0.4 is 5.32 Å². The third kappa shape index (κ3) is 2.81. The number of benzene rings is 3. The van der Waals surface area contributed by atoms with Crippen molar-refractivity contribution in [1.29, 1.82) is 0 Å². The first kappa shape index (κ1) is 16.2. The Morgan fingerprint density at radius 2 is 1.40 bits per heavy atom. The molecular weight excluding hydrogens is 354 g/mol. The summed E-state index contributed by atoms with van der Waals surface area (Å²) in [5.74, 6) is 0. The smallest absolute Gasteiger partial charge is 0.189 e. The summed E-state index contributed by atoms with van der Waals surface area (Å²) >= 11 is 6.00. The number of rotatable bonds is 2. The zero-order valence-electron chi connectivity index (χ0n) is 13.3. The molecule has 0 radical (unpaired) electrons. The van der Waals surface area contributed by atoms with Gasteiger partial charge < -0.3 is 5.32 Å². The van der Waals surface area contributed by atoms with Crippen molar-refractivity contribution in [2.24, 2.45) is 0 Å². The summed E-state index contributed by atoms with van der Waals surface area (Å²) in [6, 6.07) is 23.3. The van der Waals surface area contributed by atoms with E-state index in [0.717, 1.165) is 11.1 Å². The van der Waals surface area contributed by atoms with E-state index in [4.69, 9.17) is 11.6 Å². The minimum atomic E-state index is -3.54. The summed E-state index contributed by atoms with van der Waals surface area (Å²) in [5.41, 5.74) is 2.29. The van der Waals surface area contributed by atoms with Crippen LogP contribution in [0.1, 0.15) is 22.4 Å². The van der Waals surface area contributed by atoms with Crippen LogP contribution in [0, 0.1) is 0 Å². The van der Waals surface area contributed by atoms with Gasteiger partial charge in [0, 0.05) is 5.02 Å². The Kier molecular flexibility index (Phi) is 4.02. The number of para-hydroxylation sites is 1. The molecule has 0 aromatic heterocycles. The fourth-order valence-electron chi connectivity index (χ4n) is 3.34. The Morgan fingerprint density at radius 3 is 2.12 bits per heavy atom. The summed E-state index contributed by atoms with van der Waals surface area (Å²) < 4.78 is 26.8. The largest absolute Gasteiger partial charge is 0.375 e. The zero-order valence-corrected chi connectivity index (χ0v) is 14.8. The lowest BCUT2D eigenvalue weighted by molar-refractivity contribution is 0.562. The molecule has 2 atom stereocenters. The van der Waals surface area contributed by atoms with Crippen LogP contribution in [0.5, 0.6) is 0 Å². The number of halogens is 1. The fourth-order valence-corrected chi connectivity index (χ4v) is 5.54. The molecule has 126 valence electrons. The molecule has 25 heavy (non-hydrogen) atoms. The highest BCUT2D eigenvalue weighted by atomic mass is 35.5. The molecule has 0 bridgehead atoms. The quantitative estimate of drug-likeness (QED) is 0.689. The summed E-state index contributed by atoms with van der Waals surface area (Å²) in [7, 11) is -3.54. The van der Waals surface area contributed by atoms with Crippen LogP contribution in [0.15, 0.2) is 83.8 Å². The average Bonchev–Trinajstić information content (AvgIpc) is 2.62. The summed E-state index contributed by atoms with van der Waals surface area (Å²) in [5, 5.41) is 3.33. The first-order valence-corrected chi connectivity index (χ1v) is 9.90. The Hall–Kier alpha value is -2.30. The van der Waals surface area contributed by atoms with Gasteiger partial charge in [0.1, 0.15) is 5.25 Å². The highest BCUT2D eigenvalue weighted by molar-refractivity contribution is 7.92. The molecule has 0 saturated carbocycles. The first-order valence-electron chi connectivity index (χ1n) is 7.97. The monoisotopic (exact) mass is 369 g/mol. The molecular formula is C20H16ClNO2S. The molecule has 0 unspecified atom stereocenters. The van der Waals surface area contributed by atoms with Crippen LogP contribution in [-0.2, 0) is 9.84 Å². The highest BCUT2D eigenvalue weighted by Gasteiger charge is 2.42. The number of anilines is 1. The maximum Gasteiger partial charge on any atom is 0.189 e. The number of nitrogens with one attached hydrogen (secondary N) is 1. The van der Waals surface area contributed by atoms with Gasteiger partial charge in [-0.1, -0.05) is 66.2 Å². The van der Waals surface area contributed by atoms with E-state index in [-0.39, 0.29) is 6.04 Å². The molecule has 0 fully saturated rings. The van der Waals surface area contributed by atoms with Crippen molar-refractivity contribution >= 4 is 27.1 Å². The maximum atomic E-state index is 13.4. The molecule has 5 heteroatoms. The molecule has 0 spiro atoms. The van der Waals surface area contributed by atoms with Crippen molar-refractivity contribution in [2.45, 2.75) is 16.2 Å². The van der Waals surface area contributed by atoms with Crippen molar-refractivity contribution in [3.05, 3.63) is 95.0 Å². The van der Waals surface area contributed by atoms with Gasteiger partial charge in [-0.2, -0.15) is 0 Å². The van der Waals surface area contributed by atoms with Gasteiger partial charge in [-0.05, 0) is 35.4 Å². The predicted octanol–water partition coefficient (Wildman–Crippen LogP) is 5.02. The lowest BCUT2D eigenvalue weighted by atomic mass is 9.97. The standard InChI is InChI=1S/C20H16ClNO2S/c21-16-12-10-14(11-13-16)19-20(15-6-2-1-3-7-15)25(23,24)18-9-5-4-8-17(18)22-19/h1-13,19-20,22H/t19-,20+/m1/s1. The maximum absolute atomic E-state index is 13.4. The van der Waals surface area contributed by atoms with Crippen LogP contribution in [0.4, 0.5) is 5.69 Å². The van der Waals surface area contributed by atoms with E-state index >= 15 is 0 Å². The highest BCUT2D eigenvalue weighted by Crippen LogP contribution is 2.47. The molecule has 0 saturated heterocycles. The first-order chi connectivity index (χ1) is 12.1. The van der Waals surface area contributed by atoms with Crippen LogP contribution in [0.2, 0.25) is 5.02 Å². The Morgan fingerprint density at radius 1 is 0.760 bits per heavy atom. The van der Waals surface area contributed by atoms with Crippen molar-refractivity contribution in [1.82, 2.24) is 0 Å². The van der Waals surface area contributed by atoms with Gasteiger partial charge >= 0.3 is 0 Å². The van der Waals surface area contributed by atoms with Crippen LogP contribution in [0.3, 0.4) is 0 Å². The van der Waals surface area contributed by atoms with Gasteiger partial charge in [0.25, 0.3) is 0 Å². The Balaban J connectivity index is 1.93. The van der Waals surface area contributed by atoms with Crippen LogP contribution >= 0.6 is 11.6 Å². The summed E-state index contributed by atoms with van der Waals surface area (Å²) in [6.45, 7) is 0. The summed E-state index contributed by atoms with van der Waals surface area (Å²) in [4.78, 5) is 0.342. The topological polar surface area (TPSA) is 46.2 Å². The molecule has 0 aliphatic carbocycles. The second-order valence-electron chi connectivity index (χ2n) is 6.05. The molecule has 1 heterocycles. The Labute approximate surface area is 152 Å². The van der Waals surface area contributed by atoms with E-state index in [0.29, 0.717) is 15.6 Å². The lowest BCUT2D eigenvalue weighted by Crippen LogP contribution is -2.31. The molecule has 1 aliphatic heterocycles. The van der Waals surface area contributed by atoms with Crippen molar-refractivity contribution in [2.75, 3.05) is 5.32 Å². The molecule has 3 aromatic carbocycles. The summed E-state index contributed by atoms with van der Waals surface area (Å²) in [6.07, 6.45) is 0. The zero-order chi connectivity index (χ0) is 17.4. The fraction of sp³-hybridized carbons (Fsp3) is 0.100. The van der Waals surface area contributed by atoms with Gasteiger partial charge in [-0.25, -0.2) is 8.42 Å². The van der Waals surface area contributed by atoms with Gasteiger partial charge in [0.15, 0.2) is 9.84 Å². The third-order valence-corrected chi connectivity index (χ3v) is 6.93. The molecule has 1 N–H and O–H groups in total. The third-order valence-electron chi connectivity index (χ3n) is 4.50. The van der Waals surface area contributed by atoms with Gasteiger partial charge in [-0.3, -0.25) is 0 Å². The van der Waals surface area contributed by atoms with Gasteiger partial charge in [0.2, 0.25) is 0 Å². The lowest BCUT2D eigenvalue weighted by Gasteiger charge is -2.35. The minimum Gasteiger partial charge on any atom is -0.375 e.